The Morgan fingerprint density at radius 3 is 2.83 bits per heavy atom. The third-order valence-corrected chi connectivity index (χ3v) is 1.91. The Kier molecular flexibility index (Phi) is 4.61. The lowest BCUT2D eigenvalue weighted by Crippen LogP contribution is -2.28. The molecular formula is C11H15ClN4O2. The third-order valence-electron chi connectivity index (χ3n) is 1.73. The summed E-state index contributed by atoms with van der Waals surface area (Å²) < 4.78 is 5.12. The van der Waals surface area contributed by atoms with Gasteiger partial charge in [0, 0.05) is 6.21 Å². The van der Waals surface area contributed by atoms with Crippen LogP contribution in [0.25, 0.3) is 0 Å². The average molecular weight is 271 g/mol. The molecule has 18 heavy (non-hydrogen) atoms. The minimum Gasteiger partial charge on any atom is -0.459 e. The first-order chi connectivity index (χ1) is 8.31. The van der Waals surface area contributed by atoms with Crippen molar-refractivity contribution in [2.45, 2.75) is 26.4 Å². The van der Waals surface area contributed by atoms with E-state index in [1.165, 1.54) is 6.20 Å². The molecule has 1 rings (SSSR count). The Morgan fingerprint density at radius 2 is 2.28 bits per heavy atom. The number of hydrogen-bond donors (Lipinski definition) is 2. The number of nitrogens with one attached hydrogen (secondary N) is 2. The summed E-state index contributed by atoms with van der Waals surface area (Å²) in [5.41, 5.74) is -0.230. The van der Waals surface area contributed by atoms with Gasteiger partial charge in [0.25, 0.3) is 0 Å². The molecule has 0 bridgehead atoms. The first-order valence-corrected chi connectivity index (χ1v) is 5.68. The monoisotopic (exact) mass is 270 g/mol. The molecule has 0 aliphatic carbocycles. The van der Waals surface area contributed by atoms with E-state index in [9.17, 15) is 4.79 Å². The Hall–Kier alpha value is -1.69. The van der Waals surface area contributed by atoms with E-state index in [4.69, 9.17) is 21.7 Å². The standard InChI is InChI=1S/C11H15ClN4O2/c1-11(2,3)18-9(17)6-15-10-7(4-13)14-5-8(12)16-10/h4-5,13H,6H2,1-3H3,(H,15,16). The molecule has 0 atom stereocenters. The maximum atomic E-state index is 11.5. The second-order valence-electron chi connectivity index (χ2n) is 4.51. The Bertz CT molecular complexity index is 457. The Morgan fingerprint density at radius 1 is 1.61 bits per heavy atom. The SMILES string of the molecule is CC(C)(C)OC(=O)CNc1nc(Cl)cnc1C=N. The number of nitrogens with zero attached hydrogens (tertiary/aromatic N) is 2. The van der Waals surface area contributed by atoms with E-state index in [1.807, 2.05) is 0 Å². The fourth-order valence-corrected chi connectivity index (χ4v) is 1.28. The van der Waals surface area contributed by atoms with E-state index < -0.39 is 11.6 Å². The van der Waals surface area contributed by atoms with Crippen LogP contribution in [0.2, 0.25) is 5.15 Å². The molecule has 0 fully saturated rings. The van der Waals surface area contributed by atoms with Crippen molar-refractivity contribution >= 4 is 29.6 Å². The predicted molar refractivity (Wildman–Crippen MR) is 69.3 cm³/mol. The lowest BCUT2D eigenvalue weighted by molar-refractivity contribution is -0.152. The first kappa shape index (κ1) is 14.4. The number of halogens is 1. The van der Waals surface area contributed by atoms with E-state index in [-0.39, 0.29) is 17.5 Å². The molecule has 0 aliphatic heterocycles. The van der Waals surface area contributed by atoms with Gasteiger partial charge in [-0.3, -0.25) is 4.79 Å². The number of aromatic nitrogens is 2. The van der Waals surface area contributed by atoms with Gasteiger partial charge in [0.2, 0.25) is 0 Å². The largest absolute Gasteiger partial charge is 0.459 e. The van der Waals surface area contributed by atoms with Gasteiger partial charge in [-0.2, -0.15) is 0 Å². The predicted octanol–water partition coefficient (Wildman–Crippen LogP) is 1.88. The maximum Gasteiger partial charge on any atom is 0.325 e. The van der Waals surface area contributed by atoms with Gasteiger partial charge in [0.05, 0.1) is 6.20 Å². The Labute approximate surface area is 110 Å². The molecule has 0 saturated heterocycles. The Balaban J connectivity index is 2.66. The van der Waals surface area contributed by atoms with Crippen molar-refractivity contribution in [2.24, 2.45) is 0 Å². The fourth-order valence-electron chi connectivity index (χ4n) is 1.15. The van der Waals surface area contributed by atoms with Crippen LogP contribution in [0.1, 0.15) is 26.5 Å². The molecule has 0 aromatic carbocycles. The van der Waals surface area contributed by atoms with E-state index in [0.29, 0.717) is 5.69 Å². The van der Waals surface area contributed by atoms with Crippen molar-refractivity contribution in [1.29, 1.82) is 5.41 Å². The number of anilines is 1. The fraction of sp³-hybridized carbons (Fsp3) is 0.455. The average Bonchev–Trinajstić information content (AvgIpc) is 2.24. The van der Waals surface area contributed by atoms with Gasteiger partial charge in [0.1, 0.15) is 23.0 Å². The second-order valence-corrected chi connectivity index (χ2v) is 4.90. The number of hydrogen-bond acceptors (Lipinski definition) is 6. The minimum atomic E-state index is -0.539. The molecule has 0 aliphatic rings. The highest BCUT2D eigenvalue weighted by Crippen LogP contribution is 2.12. The molecule has 2 N–H and O–H groups in total. The molecule has 1 heterocycles. The van der Waals surface area contributed by atoms with Crippen molar-refractivity contribution < 1.29 is 9.53 Å². The summed E-state index contributed by atoms with van der Waals surface area (Å²) in [4.78, 5) is 19.3. The highest BCUT2D eigenvalue weighted by molar-refractivity contribution is 6.29. The van der Waals surface area contributed by atoms with Crippen LogP contribution in [-0.4, -0.2) is 34.3 Å². The van der Waals surface area contributed by atoms with Crippen molar-refractivity contribution in [3.63, 3.8) is 0 Å². The second kappa shape index (κ2) is 5.77. The zero-order chi connectivity index (χ0) is 13.8. The molecule has 0 saturated carbocycles. The van der Waals surface area contributed by atoms with E-state index in [1.54, 1.807) is 20.8 Å². The van der Waals surface area contributed by atoms with Crippen LogP contribution in [0.4, 0.5) is 5.82 Å². The molecule has 0 amide bonds. The van der Waals surface area contributed by atoms with Crippen LogP contribution in [0, 0.1) is 5.41 Å². The summed E-state index contributed by atoms with van der Waals surface area (Å²) in [5, 5.41) is 10.1. The van der Waals surface area contributed by atoms with Crippen LogP contribution in [0.3, 0.4) is 0 Å². The number of ether oxygens (including phenoxy) is 1. The topological polar surface area (TPSA) is 88.0 Å². The van der Waals surface area contributed by atoms with Crippen LogP contribution in [0.5, 0.6) is 0 Å². The molecule has 0 spiro atoms. The maximum absolute atomic E-state index is 11.5. The quantitative estimate of drug-likeness (QED) is 0.644. The lowest BCUT2D eigenvalue weighted by Gasteiger charge is -2.19. The molecule has 0 unspecified atom stereocenters. The molecule has 6 nitrogen and oxygen atoms in total. The van der Waals surface area contributed by atoms with Gasteiger partial charge in [-0.1, -0.05) is 11.6 Å². The van der Waals surface area contributed by atoms with Crippen molar-refractivity contribution in [3.8, 4) is 0 Å². The van der Waals surface area contributed by atoms with Crippen LogP contribution < -0.4 is 5.32 Å². The molecule has 98 valence electrons. The minimum absolute atomic E-state index is 0.0624. The van der Waals surface area contributed by atoms with Gasteiger partial charge in [-0.25, -0.2) is 9.97 Å². The van der Waals surface area contributed by atoms with Crippen LogP contribution in [0.15, 0.2) is 6.20 Å². The normalized spacial score (nSPS) is 10.9. The zero-order valence-electron chi connectivity index (χ0n) is 10.5. The smallest absolute Gasteiger partial charge is 0.325 e. The third kappa shape index (κ3) is 4.67. The molecule has 0 radical (unpaired) electrons. The highest BCUT2D eigenvalue weighted by atomic mass is 35.5. The van der Waals surface area contributed by atoms with Gasteiger partial charge in [-0.05, 0) is 20.8 Å². The molecule has 1 aromatic rings. The van der Waals surface area contributed by atoms with Crippen LogP contribution >= 0.6 is 11.6 Å². The summed E-state index contributed by atoms with van der Waals surface area (Å²) in [6, 6.07) is 0. The van der Waals surface area contributed by atoms with E-state index in [0.717, 1.165) is 6.21 Å². The first-order valence-electron chi connectivity index (χ1n) is 5.30. The number of rotatable bonds is 4. The van der Waals surface area contributed by atoms with Gasteiger partial charge in [0.15, 0.2) is 5.82 Å². The highest BCUT2D eigenvalue weighted by Gasteiger charge is 2.16. The summed E-state index contributed by atoms with van der Waals surface area (Å²) in [6.45, 7) is 5.29. The number of carbonyl (C=O) groups excluding carboxylic acids is 1. The lowest BCUT2D eigenvalue weighted by atomic mass is 10.2. The summed E-state index contributed by atoms with van der Waals surface area (Å²) in [7, 11) is 0. The summed E-state index contributed by atoms with van der Waals surface area (Å²) in [5.74, 6) is -0.136. The molecule has 7 heteroatoms. The van der Waals surface area contributed by atoms with Crippen LogP contribution in [-0.2, 0) is 9.53 Å². The zero-order valence-corrected chi connectivity index (χ0v) is 11.2. The van der Waals surface area contributed by atoms with Crippen molar-refractivity contribution in [3.05, 3.63) is 17.0 Å². The molecule has 1 aromatic heterocycles. The van der Waals surface area contributed by atoms with Gasteiger partial charge >= 0.3 is 5.97 Å². The summed E-state index contributed by atoms with van der Waals surface area (Å²) >= 11 is 5.69. The number of esters is 1. The van der Waals surface area contributed by atoms with Gasteiger partial charge < -0.3 is 15.5 Å². The van der Waals surface area contributed by atoms with E-state index >= 15 is 0 Å². The number of carbonyl (C=O) groups is 1. The van der Waals surface area contributed by atoms with Crippen molar-refractivity contribution in [1.82, 2.24) is 9.97 Å². The summed E-state index contributed by atoms with van der Waals surface area (Å²) in [6.07, 6.45) is 2.36. The molecular weight excluding hydrogens is 256 g/mol. The van der Waals surface area contributed by atoms with Gasteiger partial charge in [-0.15, -0.1) is 0 Å². The van der Waals surface area contributed by atoms with Crippen molar-refractivity contribution in [2.75, 3.05) is 11.9 Å². The van der Waals surface area contributed by atoms with E-state index in [2.05, 4.69) is 15.3 Å².